The predicted octanol–water partition coefficient (Wildman–Crippen LogP) is 3.52. The van der Waals surface area contributed by atoms with Crippen molar-refractivity contribution < 1.29 is 5.11 Å². The van der Waals surface area contributed by atoms with Crippen LogP contribution in [0.4, 0.5) is 0 Å². The summed E-state index contributed by atoms with van der Waals surface area (Å²) in [5.74, 6) is 1.02. The summed E-state index contributed by atoms with van der Waals surface area (Å²) in [7, 11) is 0. The number of rotatable bonds is 2. The minimum absolute atomic E-state index is 0.265. The molecule has 2 heteroatoms. The molecule has 0 heterocycles. The lowest BCUT2D eigenvalue weighted by Gasteiger charge is -1.99. The van der Waals surface area contributed by atoms with Gasteiger partial charge in [0.1, 0.15) is 0 Å². The summed E-state index contributed by atoms with van der Waals surface area (Å²) in [6, 6.07) is 7.78. The number of hydrogen-bond acceptors (Lipinski definition) is 1. The Morgan fingerprint density at radius 3 is 2.46 bits per heavy atom. The third-order valence-electron chi connectivity index (χ3n) is 2.52. The quantitative estimate of drug-likeness (QED) is 0.715. The molecule has 1 nitrogen and oxygen atoms in total. The van der Waals surface area contributed by atoms with Crippen LogP contribution in [0.5, 0.6) is 0 Å². The minimum Gasteiger partial charge on any atom is -0.513 e. The van der Waals surface area contributed by atoms with Crippen LogP contribution >= 0.6 is 11.6 Å². The molecule has 0 aromatic heterocycles. The summed E-state index contributed by atoms with van der Waals surface area (Å²) in [6.45, 7) is 3.54. The fourth-order valence-corrected chi connectivity index (χ4v) is 1.77. The third-order valence-corrected chi connectivity index (χ3v) is 2.77. The summed E-state index contributed by atoms with van der Waals surface area (Å²) >= 11 is 5.77. The first-order chi connectivity index (χ1) is 6.18. The average molecular weight is 195 g/mol. The Labute approximate surface area is 82.7 Å². The Morgan fingerprint density at radius 2 is 2.00 bits per heavy atom. The van der Waals surface area contributed by atoms with Crippen LogP contribution < -0.4 is 0 Å². The normalized spacial score (nSPS) is 25.6. The van der Waals surface area contributed by atoms with Crippen molar-refractivity contribution in [2.75, 3.05) is 0 Å². The van der Waals surface area contributed by atoms with Crippen molar-refractivity contribution in [1.82, 2.24) is 0 Å². The monoisotopic (exact) mass is 194 g/mol. The molecule has 0 aliphatic heterocycles. The molecule has 1 N–H and O–H groups in total. The molecule has 1 aliphatic rings. The molecule has 1 fully saturated rings. The first kappa shape index (κ1) is 8.64. The summed E-state index contributed by atoms with van der Waals surface area (Å²) in [5.41, 5.74) is 1.24. The van der Waals surface area contributed by atoms with Crippen LogP contribution in [0.15, 0.2) is 36.6 Å². The van der Waals surface area contributed by atoms with E-state index in [9.17, 15) is 0 Å². The van der Waals surface area contributed by atoms with E-state index in [1.54, 1.807) is 0 Å². The Kier molecular flexibility index (Phi) is 2.04. The van der Waals surface area contributed by atoms with Crippen LogP contribution in [-0.2, 0) is 0 Å². The van der Waals surface area contributed by atoms with Gasteiger partial charge < -0.3 is 5.11 Å². The van der Waals surface area contributed by atoms with Gasteiger partial charge in [-0.05, 0) is 30.0 Å². The zero-order valence-electron chi connectivity index (χ0n) is 7.20. The molecule has 0 spiro atoms. The van der Waals surface area contributed by atoms with Gasteiger partial charge in [0.15, 0.2) is 0 Å². The zero-order chi connectivity index (χ0) is 9.42. The number of allylic oxidation sites excluding steroid dienone is 1. The molecular formula is C11H11ClO. The number of aliphatic hydroxyl groups is 1. The average Bonchev–Trinajstić information content (AvgIpc) is 2.85. The predicted molar refractivity (Wildman–Crippen MR) is 54.1 cm³/mol. The number of hydrogen-bond donors (Lipinski definition) is 1. The van der Waals surface area contributed by atoms with Crippen LogP contribution in [0, 0.1) is 5.92 Å². The van der Waals surface area contributed by atoms with Gasteiger partial charge >= 0.3 is 0 Å². The maximum Gasteiger partial charge on any atom is 0.0888 e. The second-order valence-electron chi connectivity index (χ2n) is 3.49. The van der Waals surface area contributed by atoms with Crippen molar-refractivity contribution in [3.8, 4) is 0 Å². The first-order valence-corrected chi connectivity index (χ1v) is 4.69. The van der Waals surface area contributed by atoms with Crippen LogP contribution in [0.3, 0.4) is 0 Å². The third kappa shape index (κ3) is 1.70. The lowest BCUT2D eigenvalue weighted by atomic mass is 10.1. The van der Waals surface area contributed by atoms with Crippen LogP contribution in [0.1, 0.15) is 17.9 Å². The molecule has 1 saturated carbocycles. The van der Waals surface area contributed by atoms with Gasteiger partial charge in [0.05, 0.1) is 5.76 Å². The second-order valence-corrected chi connectivity index (χ2v) is 3.93. The highest BCUT2D eigenvalue weighted by atomic mass is 35.5. The molecule has 68 valence electrons. The molecule has 2 unspecified atom stereocenters. The van der Waals surface area contributed by atoms with Crippen molar-refractivity contribution in [2.45, 2.75) is 12.3 Å². The Bertz CT molecular complexity index is 328. The van der Waals surface area contributed by atoms with Crippen LogP contribution in [0.25, 0.3) is 0 Å². The fraction of sp³-hybridized carbons (Fsp3) is 0.273. The smallest absolute Gasteiger partial charge is 0.0888 e. The topological polar surface area (TPSA) is 20.2 Å². The van der Waals surface area contributed by atoms with Crippen molar-refractivity contribution in [2.24, 2.45) is 5.92 Å². The zero-order valence-corrected chi connectivity index (χ0v) is 7.96. The Balaban J connectivity index is 2.12. The minimum atomic E-state index is 0.265. The summed E-state index contributed by atoms with van der Waals surface area (Å²) in [4.78, 5) is 0. The molecule has 2 rings (SSSR count). The maximum atomic E-state index is 9.16. The maximum absolute atomic E-state index is 9.16. The van der Waals surface area contributed by atoms with E-state index in [1.165, 1.54) is 5.56 Å². The van der Waals surface area contributed by atoms with E-state index in [0.29, 0.717) is 11.7 Å². The number of halogens is 1. The van der Waals surface area contributed by atoms with Gasteiger partial charge in [-0.1, -0.05) is 30.3 Å². The van der Waals surface area contributed by atoms with E-state index in [-0.39, 0.29) is 5.92 Å². The van der Waals surface area contributed by atoms with Crippen LogP contribution in [-0.4, -0.2) is 5.11 Å². The van der Waals surface area contributed by atoms with Crippen molar-refractivity contribution >= 4 is 11.6 Å². The molecule has 1 aromatic rings. The molecular weight excluding hydrogens is 184 g/mol. The molecule has 1 aromatic carbocycles. The highest BCUT2D eigenvalue weighted by Gasteiger charge is 2.40. The number of benzene rings is 1. The lowest BCUT2D eigenvalue weighted by molar-refractivity contribution is 0.379. The van der Waals surface area contributed by atoms with E-state index in [1.807, 2.05) is 24.3 Å². The van der Waals surface area contributed by atoms with Gasteiger partial charge in [0.25, 0.3) is 0 Å². The standard InChI is InChI=1S/C11H11ClO/c1-7(13)10-6-11(10)8-2-4-9(12)5-3-8/h2-5,10-11,13H,1,6H2. The van der Waals surface area contributed by atoms with E-state index < -0.39 is 0 Å². The van der Waals surface area contributed by atoms with Crippen LogP contribution in [0.2, 0.25) is 5.02 Å². The molecule has 0 radical (unpaired) electrons. The highest BCUT2D eigenvalue weighted by molar-refractivity contribution is 6.30. The van der Waals surface area contributed by atoms with Gasteiger partial charge in [0.2, 0.25) is 0 Å². The van der Waals surface area contributed by atoms with E-state index in [4.69, 9.17) is 16.7 Å². The Hall–Kier alpha value is -0.950. The highest BCUT2D eigenvalue weighted by Crippen LogP contribution is 2.50. The fourth-order valence-electron chi connectivity index (χ4n) is 1.64. The van der Waals surface area contributed by atoms with E-state index in [0.717, 1.165) is 11.4 Å². The van der Waals surface area contributed by atoms with Gasteiger partial charge in [-0.15, -0.1) is 0 Å². The van der Waals surface area contributed by atoms with Gasteiger partial charge in [-0.3, -0.25) is 0 Å². The van der Waals surface area contributed by atoms with Crippen molar-refractivity contribution in [3.05, 3.63) is 47.2 Å². The molecule has 0 saturated heterocycles. The molecule has 0 bridgehead atoms. The van der Waals surface area contributed by atoms with Gasteiger partial charge in [-0.25, -0.2) is 0 Å². The molecule has 13 heavy (non-hydrogen) atoms. The second kappa shape index (κ2) is 3.08. The van der Waals surface area contributed by atoms with Crippen molar-refractivity contribution in [1.29, 1.82) is 0 Å². The number of aliphatic hydroxyl groups excluding tert-OH is 1. The molecule has 2 atom stereocenters. The Morgan fingerprint density at radius 1 is 1.38 bits per heavy atom. The van der Waals surface area contributed by atoms with E-state index in [2.05, 4.69) is 6.58 Å². The molecule has 1 aliphatic carbocycles. The summed E-state index contributed by atoms with van der Waals surface area (Å²) < 4.78 is 0. The van der Waals surface area contributed by atoms with E-state index >= 15 is 0 Å². The van der Waals surface area contributed by atoms with Gasteiger partial charge in [0, 0.05) is 10.9 Å². The first-order valence-electron chi connectivity index (χ1n) is 4.31. The SMILES string of the molecule is C=C(O)C1CC1c1ccc(Cl)cc1. The summed E-state index contributed by atoms with van der Waals surface area (Å²) in [5, 5.41) is 9.91. The van der Waals surface area contributed by atoms with Crippen molar-refractivity contribution in [3.63, 3.8) is 0 Å². The van der Waals surface area contributed by atoms with Gasteiger partial charge in [-0.2, -0.15) is 0 Å². The summed E-state index contributed by atoms with van der Waals surface area (Å²) in [6.07, 6.45) is 1.01. The molecule has 0 amide bonds. The largest absolute Gasteiger partial charge is 0.513 e. The lowest BCUT2D eigenvalue weighted by Crippen LogP contribution is -1.85.